The highest BCUT2D eigenvalue weighted by Gasteiger charge is 2.28. The van der Waals surface area contributed by atoms with Crippen LogP contribution < -0.4 is 21.4 Å². The van der Waals surface area contributed by atoms with Crippen molar-refractivity contribution >= 4 is 5.71 Å². The summed E-state index contributed by atoms with van der Waals surface area (Å²) in [6, 6.07) is 7.33. The van der Waals surface area contributed by atoms with Crippen LogP contribution in [-0.4, -0.2) is 27.1 Å². The second-order valence-electron chi connectivity index (χ2n) is 5.59. The minimum absolute atomic E-state index is 0.0319. The van der Waals surface area contributed by atoms with Gasteiger partial charge in [-0.05, 0) is 6.07 Å². The summed E-state index contributed by atoms with van der Waals surface area (Å²) in [6.07, 6.45) is 0.390. The quantitative estimate of drug-likeness (QED) is 0.840. The molecule has 24 heavy (non-hydrogen) atoms. The second-order valence-corrected chi connectivity index (χ2v) is 5.59. The van der Waals surface area contributed by atoms with E-state index < -0.39 is 11.2 Å². The molecule has 3 rings (SSSR count). The highest BCUT2D eigenvalue weighted by atomic mass is 16.5. The molecular formula is C16H18N4O4. The third-order valence-corrected chi connectivity index (χ3v) is 4.19. The van der Waals surface area contributed by atoms with E-state index in [1.807, 2.05) is 24.3 Å². The zero-order valence-electron chi connectivity index (χ0n) is 13.6. The number of rotatable bonds is 3. The molecule has 0 saturated heterocycles. The fourth-order valence-electron chi connectivity index (χ4n) is 2.82. The highest BCUT2D eigenvalue weighted by molar-refractivity contribution is 6.03. The van der Waals surface area contributed by atoms with E-state index in [9.17, 15) is 14.7 Å². The molecule has 1 aliphatic heterocycles. The van der Waals surface area contributed by atoms with Gasteiger partial charge in [0.25, 0.3) is 5.56 Å². The maximum atomic E-state index is 12.4. The van der Waals surface area contributed by atoms with Crippen molar-refractivity contribution in [1.29, 1.82) is 0 Å². The number of hydrogen-bond acceptors (Lipinski definition) is 6. The van der Waals surface area contributed by atoms with E-state index in [1.54, 1.807) is 7.11 Å². The molecule has 0 amide bonds. The van der Waals surface area contributed by atoms with Crippen molar-refractivity contribution in [2.75, 3.05) is 7.11 Å². The van der Waals surface area contributed by atoms with E-state index >= 15 is 0 Å². The summed E-state index contributed by atoms with van der Waals surface area (Å²) >= 11 is 0. The lowest BCUT2D eigenvalue weighted by atomic mass is 9.99. The molecule has 0 radical (unpaired) electrons. The van der Waals surface area contributed by atoms with Gasteiger partial charge in [-0.1, -0.05) is 18.2 Å². The summed E-state index contributed by atoms with van der Waals surface area (Å²) in [5.41, 5.74) is 3.14. The predicted octanol–water partition coefficient (Wildman–Crippen LogP) is 0.237. The van der Waals surface area contributed by atoms with Gasteiger partial charge < -0.3 is 15.3 Å². The van der Waals surface area contributed by atoms with Crippen LogP contribution >= 0.6 is 0 Å². The Morgan fingerprint density at radius 3 is 2.67 bits per heavy atom. The minimum atomic E-state index is -0.589. The number of nitrogens with one attached hydrogen (secondary N) is 1. The van der Waals surface area contributed by atoms with Gasteiger partial charge in [-0.3, -0.25) is 13.9 Å². The van der Waals surface area contributed by atoms with E-state index in [4.69, 9.17) is 4.74 Å². The maximum Gasteiger partial charge on any atom is 0.333 e. The molecule has 0 aliphatic carbocycles. The molecular weight excluding hydrogens is 312 g/mol. The standard InChI is InChI=1S/C16H18N4O4/c1-19-14(21)13(15(22)20(2)16(19)23)11-8-10(17-18-11)9-6-4-5-7-12(9)24-3/h4-7,10,17,21H,8H2,1-3H3. The first-order valence-electron chi connectivity index (χ1n) is 7.40. The van der Waals surface area contributed by atoms with Crippen molar-refractivity contribution in [1.82, 2.24) is 14.6 Å². The zero-order valence-corrected chi connectivity index (χ0v) is 13.6. The highest BCUT2D eigenvalue weighted by Crippen LogP contribution is 2.31. The fraction of sp³-hybridized carbons (Fsp3) is 0.312. The summed E-state index contributed by atoms with van der Waals surface area (Å²) < 4.78 is 7.32. The van der Waals surface area contributed by atoms with Crippen molar-refractivity contribution in [3.05, 3.63) is 56.2 Å². The minimum Gasteiger partial charge on any atom is -0.496 e. The van der Waals surface area contributed by atoms with Gasteiger partial charge >= 0.3 is 5.69 Å². The molecule has 0 saturated carbocycles. The van der Waals surface area contributed by atoms with Crippen molar-refractivity contribution in [2.24, 2.45) is 19.2 Å². The molecule has 2 aromatic rings. The van der Waals surface area contributed by atoms with Crippen LogP contribution in [0.3, 0.4) is 0 Å². The first kappa shape index (κ1) is 15.9. The van der Waals surface area contributed by atoms with Gasteiger partial charge in [0, 0.05) is 26.1 Å². The van der Waals surface area contributed by atoms with Crippen molar-refractivity contribution in [3.8, 4) is 11.6 Å². The molecule has 8 heteroatoms. The molecule has 2 N–H and O–H groups in total. The average Bonchev–Trinajstić information content (AvgIpc) is 3.08. The summed E-state index contributed by atoms with van der Waals surface area (Å²) in [7, 11) is 4.36. The molecule has 0 fully saturated rings. The van der Waals surface area contributed by atoms with Gasteiger partial charge in [0.1, 0.15) is 11.3 Å². The Kier molecular flexibility index (Phi) is 3.88. The van der Waals surface area contributed by atoms with Crippen LogP contribution in [0.4, 0.5) is 0 Å². The lowest BCUT2D eigenvalue weighted by molar-refractivity contribution is 0.402. The van der Waals surface area contributed by atoms with Crippen molar-refractivity contribution in [3.63, 3.8) is 0 Å². The number of benzene rings is 1. The third-order valence-electron chi connectivity index (χ3n) is 4.19. The number of nitrogens with zero attached hydrogens (tertiary/aromatic N) is 3. The summed E-state index contributed by atoms with van der Waals surface area (Å²) in [5, 5.41) is 14.4. The van der Waals surface area contributed by atoms with Crippen LogP contribution in [0.15, 0.2) is 39.0 Å². The average molecular weight is 330 g/mol. The lowest BCUT2D eigenvalue weighted by Gasteiger charge is -2.14. The molecule has 2 heterocycles. The van der Waals surface area contributed by atoms with Gasteiger partial charge in [-0.15, -0.1) is 0 Å². The van der Waals surface area contributed by atoms with Crippen molar-refractivity contribution in [2.45, 2.75) is 12.5 Å². The Morgan fingerprint density at radius 2 is 1.96 bits per heavy atom. The maximum absolute atomic E-state index is 12.4. The largest absolute Gasteiger partial charge is 0.496 e. The summed E-state index contributed by atoms with van der Waals surface area (Å²) in [5.74, 6) is 0.327. The zero-order chi connectivity index (χ0) is 17.4. The Hall–Kier alpha value is -3.03. The van der Waals surface area contributed by atoms with Crippen LogP contribution in [0.5, 0.6) is 11.6 Å². The first-order chi connectivity index (χ1) is 11.5. The molecule has 8 nitrogen and oxygen atoms in total. The number of methoxy groups -OCH3 is 1. The molecule has 1 aromatic heterocycles. The number of hydrazone groups is 1. The van der Waals surface area contributed by atoms with Gasteiger partial charge in [0.15, 0.2) is 0 Å². The van der Waals surface area contributed by atoms with Gasteiger partial charge in [0.05, 0.1) is 18.9 Å². The molecule has 0 bridgehead atoms. The molecule has 1 aromatic carbocycles. The van der Waals surface area contributed by atoms with Gasteiger partial charge in [-0.25, -0.2) is 4.79 Å². The second kappa shape index (κ2) is 5.88. The van der Waals surface area contributed by atoms with E-state index in [-0.39, 0.29) is 17.5 Å². The number of aromatic nitrogens is 2. The molecule has 126 valence electrons. The van der Waals surface area contributed by atoms with Crippen LogP contribution in [0.2, 0.25) is 0 Å². The Balaban J connectivity index is 2.01. The lowest BCUT2D eigenvalue weighted by Crippen LogP contribution is -2.39. The van der Waals surface area contributed by atoms with E-state index in [2.05, 4.69) is 10.5 Å². The number of ether oxygens (including phenoxy) is 1. The van der Waals surface area contributed by atoms with Crippen LogP contribution in [0.1, 0.15) is 23.6 Å². The Labute approximate surface area is 137 Å². The van der Waals surface area contributed by atoms with E-state index in [0.717, 1.165) is 14.7 Å². The topological polar surface area (TPSA) is 97.9 Å². The monoisotopic (exact) mass is 330 g/mol. The normalized spacial score (nSPS) is 16.6. The van der Waals surface area contributed by atoms with E-state index in [1.165, 1.54) is 14.1 Å². The van der Waals surface area contributed by atoms with Crippen LogP contribution in [0.25, 0.3) is 0 Å². The van der Waals surface area contributed by atoms with E-state index in [0.29, 0.717) is 17.9 Å². The third kappa shape index (κ3) is 2.36. The Morgan fingerprint density at radius 1 is 1.25 bits per heavy atom. The number of para-hydroxylation sites is 1. The van der Waals surface area contributed by atoms with Gasteiger partial charge in [-0.2, -0.15) is 5.10 Å². The summed E-state index contributed by atoms with van der Waals surface area (Å²) in [6.45, 7) is 0. The van der Waals surface area contributed by atoms with Crippen molar-refractivity contribution < 1.29 is 9.84 Å². The first-order valence-corrected chi connectivity index (χ1v) is 7.40. The SMILES string of the molecule is COc1ccccc1C1CC(c2c(O)n(C)c(=O)n(C)c2=O)=NN1. The number of aromatic hydroxyl groups is 1. The predicted molar refractivity (Wildman–Crippen MR) is 88.6 cm³/mol. The van der Waals surface area contributed by atoms with Crippen LogP contribution in [0, 0.1) is 0 Å². The summed E-state index contributed by atoms with van der Waals surface area (Å²) in [4.78, 5) is 24.2. The molecule has 0 spiro atoms. The molecule has 1 atom stereocenters. The molecule has 1 unspecified atom stereocenters. The Bertz CT molecular complexity index is 942. The van der Waals surface area contributed by atoms with Gasteiger partial charge in [0.2, 0.25) is 5.88 Å². The molecule has 1 aliphatic rings. The van der Waals surface area contributed by atoms with Crippen LogP contribution in [-0.2, 0) is 14.1 Å². The number of hydrogen-bond donors (Lipinski definition) is 2. The fourth-order valence-corrected chi connectivity index (χ4v) is 2.82. The smallest absolute Gasteiger partial charge is 0.333 e.